The molecule has 3 rings (SSSR count). The Morgan fingerprint density at radius 3 is 2.23 bits per heavy atom. The molecule has 3 aromatic carbocycles. The lowest BCUT2D eigenvalue weighted by atomic mass is 9.98. The Morgan fingerprint density at radius 2 is 1.62 bits per heavy atom. The van der Waals surface area contributed by atoms with E-state index in [2.05, 4.69) is 0 Å². The molecule has 6 heteroatoms. The van der Waals surface area contributed by atoms with Gasteiger partial charge < -0.3 is 4.74 Å². The normalized spacial score (nSPS) is 10.8. The van der Waals surface area contributed by atoms with Gasteiger partial charge in [0.05, 0.1) is 17.6 Å². The van der Waals surface area contributed by atoms with E-state index in [0.29, 0.717) is 23.5 Å². The molecule has 1 nitrogen and oxygen atoms in total. The van der Waals surface area contributed by atoms with E-state index in [1.165, 1.54) is 6.07 Å². The summed E-state index contributed by atoms with van der Waals surface area (Å²) >= 11 is 0. The lowest BCUT2D eigenvalue weighted by Gasteiger charge is -2.10. The molecule has 0 amide bonds. The molecule has 0 aliphatic rings. The van der Waals surface area contributed by atoms with Crippen LogP contribution in [0.3, 0.4) is 0 Å². The van der Waals surface area contributed by atoms with Gasteiger partial charge in [0.1, 0.15) is 23.2 Å². The van der Waals surface area contributed by atoms with Crippen LogP contribution in [0.1, 0.15) is 12.5 Å². The molecule has 26 heavy (non-hydrogen) atoms. The van der Waals surface area contributed by atoms with Crippen LogP contribution in [0.15, 0.2) is 48.5 Å². The van der Waals surface area contributed by atoms with E-state index in [-0.39, 0.29) is 11.5 Å². The van der Waals surface area contributed by atoms with E-state index in [4.69, 9.17) is 4.74 Å². The van der Waals surface area contributed by atoms with Gasteiger partial charge in [-0.15, -0.1) is 0 Å². The highest BCUT2D eigenvalue weighted by atomic mass is 19.3. The van der Waals surface area contributed by atoms with Crippen LogP contribution in [0.5, 0.6) is 5.75 Å². The summed E-state index contributed by atoms with van der Waals surface area (Å²) in [5, 5.41) is -0.589. The second-order valence-corrected chi connectivity index (χ2v) is 5.53. The Morgan fingerprint density at radius 1 is 0.923 bits per heavy atom. The van der Waals surface area contributed by atoms with E-state index in [1.807, 2.05) is 6.92 Å². The standard InChI is InChI=1S/C20H13F5O/c1-2-26-14-5-3-11(4-6-14)12-7-13-9-16(21)15(10-18(23)24)20(25)19(13)17(22)8-12/h3-10H,2H2,1H3. The molecule has 0 saturated carbocycles. The summed E-state index contributed by atoms with van der Waals surface area (Å²) in [5.41, 5.74) is 0.0517. The van der Waals surface area contributed by atoms with Gasteiger partial charge in [0.25, 0.3) is 6.08 Å². The van der Waals surface area contributed by atoms with E-state index in [1.54, 1.807) is 24.3 Å². The molecule has 0 aromatic heterocycles. The largest absolute Gasteiger partial charge is 0.494 e. The average molecular weight is 364 g/mol. The van der Waals surface area contributed by atoms with Crippen molar-refractivity contribution >= 4 is 16.8 Å². The predicted molar refractivity (Wildman–Crippen MR) is 90.6 cm³/mol. The summed E-state index contributed by atoms with van der Waals surface area (Å²) < 4.78 is 72.9. The lowest BCUT2D eigenvalue weighted by molar-refractivity contribution is 0.340. The van der Waals surface area contributed by atoms with Gasteiger partial charge in [0.15, 0.2) is 0 Å². The van der Waals surface area contributed by atoms with Crippen molar-refractivity contribution in [3.63, 3.8) is 0 Å². The highest BCUT2D eigenvalue weighted by Gasteiger charge is 2.17. The van der Waals surface area contributed by atoms with Crippen LogP contribution in [0, 0.1) is 17.5 Å². The topological polar surface area (TPSA) is 9.23 Å². The van der Waals surface area contributed by atoms with Crippen molar-refractivity contribution in [3.05, 3.63) is 71.6 Å². The summed E-state index contributed by atoms with van der Waals surface area (Å²) in [5.74, 6) is -2.87. The minimum Gasteiger partial charge on any atom is -0.494 e. The highest BCUT2D eigenvalue weighted by Crippen LogP contribution is 2.33. The SMILES string of the molecule is CCOc1ccc(-c2cc(F)c3c(F)c(C=C(F)F)c(F)cc3c2)cc1. The molecule has 0 fully saturated rings. The van der Waals surface area contributed by atoms with Gasteiger partial charge in [0.2, 0.25) is 0 Å². The van der Waals surface area contributed by atoms with E-state index >= 15 is 0 Å². The molecule has 134 valence electrons. The Balaban J connectivity index is 2.15. The minimum absolute atomic E-state index is 0.0455. The summed E-state index contributed by atoms with van der Waals surface area (Å²) in [6.07, 6.45) is -2.22. The van der Waals surface area contributed by atoms with Crippen molar-refractivity contribution in [2.24, 2.45) is 0 Å². The molecule has 0 heterocycles. The zero-order valence-corrected chi connectivity index (χ0v) is 13.6. The van der Waals surface area contributed by atoms with Gasteiger partial charge in [-0.2, -0.15) is 8.78 Å². The molecule has 0 N–H and O–H groups in total. The van der Waals surface area contributed by atoms with Gasteiger partial charge in [-0.1, -0.05) is 12.1 Å². The smallest absolute Gasteiger partial charge is 0.271 e. The zero-order valence-electron chi connectivity index (χ0n) is 13.6. The van der Waals surface area contributed by atoms with Gasteiger partial charge >= 0.3 is 0 Å². The number of halogens is 5. The zero-order chi connectivity index (χ0) is 18.8. The van der Waals surface area contributed by atoms with Crippen LogP contribution in [0.2, 0.25) is 0 Å². The molecule has 0 radical (unpaired) electrons. The Bertz CT molecular complexity index is 989. The second kappa shape index (κ2) is 7.15. The third kappa shape index (κ3) is 3.40. The number of rotatable bonds is 4. The Labute approximate surface area is 146 Å². The Kier molecular flexibility index (Phi) is 4.93. The number of hydrogen-bond donors (Lipinski definition) is 0. The van der Waals surface area contributed by atoms with Crippen molar-refractivity contribution in [2.45, 2.75) is 6.92 Å². The van der Waals surface area contributed by atoms with Gasteiger partial charge in [-0.25, -0.2) is 13.2 Å². The first kappa shape index (κ1) is 17.9. The summed E-state index contributed by atoms with van der Waals surface area (Å²) in [4.78, 5) is 0. The number of hydrogen-bond acceptors (Lipinski definition) is 1. The molecule has 0 aliphatic heterocycles. The van der Waals surface area contributed by atoms with Crippen molar-refractivity contribution in [2.75, 3.05) is 6.61 Å². The van der Waals surface area contributed by atoms with Crippen molar-refractivity contribution in [1.82, 2.24) is 0 Å². The van der Waals surface area contributed by atoms with Crippen LogP contribution in [0.25, 0.3) is 28.0 Å². The van der Waals surface area contributed by atoms with Crippen molar-refractivity contribution in [1.29, 1.82) is 0 Å². The van der Waals surface area contributed by atoms with E-state index in [0.717, 1.165) is 12.1 Å². The molecule has 0 spiro atoms. The van der Waals surface area contributed by atoms with E-state index < -0.39 is 34.5 Å². The summed E-state index contributed by atoms with van der Waals surface area (Å²) in [6.45, 7) is 2.34. The first-order chi connectivity index (χ1) is 12.4. The van der Waals surface area contributed by atoms with Gasteiger partial charge in [0, 0.05) is 6.08 Å². The highest BCUT2D eigenvalue weighted by molar-refractivity contribution is 5.90. The van der Waals surface area contributed by atoms with Gasteiger partial charge in [-0.05, 0) is 53.8 Å². The minimum atomic E-state index is -2.27. The third-order valence-corrected chi connectivity index (χ3v) is 3.87. The molecule has 3 aromatic rings. The van der Waals surface area contributed by atoms with Crippen molar-refractivity contribution in [3.8, 4) is 16.9 Å². The number of benzene rings is 3. The predicted octanol–water partition coefficient (Wildman–Crippen LogP) is 6.56. The van der Waals surface area contributed by atoms with Crippen LogP contribution < -0.4 is 4.74 Å². The number of ether oxygens (including phenoxy) is 1. The average Bonchev–Trinajstić information content (AvgIpc) is 2.58. The van der Waals surface area contributed by atoms with Crippen LogP contribution >= 0.6 is 0 Å². The van der Waals surface area contributed by atoms with E-state index in [9.17, 15) is 22.0 Å². The molecular formula is C20H13F5O. The fraction of sp³-hybridized carbons (Fsp3) is 0.100. The maximum Gasteiger partial charge on any atom is 0.271 e. The Hall–Kier alpha value is -2.89. The fourth-order valence-corrected chi connectivity index (χ4v) is 2.75. The maximum absolute atomic E-state index is 14.4. The molecule has 0 atom stereocenters. The lowest BCUT2D eigenvalue weighted by Crippen LogP contribution is -1.95. The molecule has 0 bridgehead atoms. The van der Waals surface area contributed by atoms with Crippen LogP contribution in [-0.2, 0) is 0 Å². The second-order valence-electron chi connectivity index (χ2n) is 5.53. The molecular weight excluding hydrogens is 351 g/mol. The first-order valence-electron chi connectivity index (χ1n) is 7.78. The summed E-state index contributed by atoms with van der Waals surface area (Å²) in [6, 6.07) is 10.1. The molecule has 0 aliphatic carbocycles. The monoisotopic (exact) mass is 364 g/mol. The maximum atomic E-state index is 14.4. The molecule has 0 unspecified atom stereocenters. The van der Waals surface area contributed by atoms with Crippen molar-refractivity contribution < 1.29 is 26.7 Å². The third-order valence-electron chi connectivity index (χ3n) is 3.87. The van der Waals surface area contributed by atoms with Crippen LogP contribution in [-0.4, -0.2) is 6.61 Å². The summed E-state index contributed by atoms with van der Waals surface area (Å²) in [7, 11) is 0. The fourth-order valence-electron chi connectivity index (χ4n) is 2.75. The molecule has 0 saturated heterocycles. The van der Waals surface area contributed by atoms with Crippen LogP contribution in [0.4, 0.5) is 22.0 Å². The van der Waals surface area contributed by atoms with Gasteiger partial charge in [-0.3, -0.25) is 0 Å². The quantitative estimate of drug-likeness (QED) is 0.476. The number of fused-ring (bicyclic) bond motifs is 1. The first-order valence-corrected chi connectivity index (χ1v) is 7.78.